The topological polar surface area (TPSA) is 71.5 Å². The van der Waals surface area contributed by atoms with Gasteiger partial charge in [-0.05, 0) is 67.3 Å². The molecule has 3 aromatic rings. The average Bonchev–Trinajstić information content (AvgIpc) is 2.85. The summed E-state index contributed by atoms with van der Waals surface area (Å²) in [7, 11) is 0. The van der Waals surface area contributed by atoms with E-state index in [4.69, 9.17) is 4.74 Å². The number of aryl methyl sites for hydroxylation is 1. The van der Waals surface area contributed by atoms with Gasteiger partial charge < -0.3 is 15.0 Å². The van der Waals surface area contributed by atoms with Gasteiger partial charge in [0.1, 0.15) is 5.75 Å². The molecule has 34 heavy (non-hydrogen) atoms. The Morgan fingerprint density at radius 2 is 1.91 bits per heavy atom. The van der Waals surface area contributed by atoms with Crippen molar-refractivity contribution < 1.29 is 18.7 Å². The van der Waals surface area contributed by atoms with Crippen molar-refractivity contribution in [2.24, 2.45) is 0 Å². The summed E-state index contributed by atoms with van der Waals surface area (Å²) in [6.45, 7) is 3.01. The maximum Gasteiger partial charge on any atom is 0.251 e. The Bertz CT molecular complexity index is 1190. The van der Waals surface area contributed by atoms with E-state index in [1.165, 1.54) is 24.4 Å². The molecule has 0 saturated carbocycles. The van der Waals surface area contributed by atoms with Crippen LogP contribution in [0, 0.1) is 12.7 Å². The second-order valence-corrected chi connectivity index (χ2v) is 8.20. The fourth-order valence-electron chi connectivity index (χ4n) is 3.85. The summed E-state index contributed by atoms with van der Waals surface area (Å²) in [5, 5.41) is 3.07. The molecule has 0 unspecified atom stereocenters. The first-order valence-electron chi connectivity index (χ1n) is 11.2. The van der Waals surface area contributed by atoms with E-state index >= 15 is 0 Å². The summed E-state index contributed by atoms with van der Waals surface area (Å²) in [6.07, 6.45) is 7.52. The van der Waals surface area contributed by atoms with Crippen LogP contribution in [0.5, 0.6) is 11.5 Å². The number of nitrogens with one attached hydrogen (secondary N) is 1. The van der Waals surface area contributed by atoms with Gasteiger partial charge in [-0.1, -0.05) is 24.3 Å². The minimum absolute atomic E-state index is 0.0293. The lowest BCUT2D eigenvalue weighted by Crippen LogP contribution is -2.46. The lowest BCUT2D eigenvalue weighted by Gasteiger charge is -2.31. The molecule has 2 aromatic carbocycles. The van der Waals surface area contributed by atoms with Crippen LogP contribution in [-0.4, -0.2) is 40.8 Å². The molecule has 1 fully saturated rings. The zero-order valence-electron chi connectivity index (χ0n) is 18.9. The van der Waals surface area contributed by atoms with Gasteiger partial charge in [0.2, 0.25) is 5.91 Å². The van der Waals surface area contributed by atoms with E-state index in [-0.39, 0.29) is 23.6 Å². The molecule has 1 aliphatic heterocycles. The molecule has 1 aliphatic rings. The molecule has 6 nitrogen and oxygen atoms in total. The number of piperidine rings is 1. The third-order valence-electron chi connectivity index (χ3n) is 5.77. The molecule has 0 spiro atoms. The van der Waals surface area contributed by atoms with Gasteiger partial charge in [0.25, 0.3) is 5.91 Å². The molecule has 1 saturated heterocycles. The van der Waals surface area contributed by atoms with E-state index in [1.54, 1.807) is 35.4 Å². The highest BCUT2D eigenvalue weighted by Crippen LogP contribution is 2.25. The quantitative estimate of drug-likeness (QED) is 0.540. The van der Waals surface area contributed by atoms with Crippen molar-refractivity contribution in [3.8, 4) is 11.5 Å². The molecule has 2 amide bonds. The summed E-state index contributed by atoms with van der Waals surface area (Å²) in [5.41, 5.74) is 2.17. The smallest absolute Gasteiger partial charge is 0.251 e. The Labute approximate surface area is 198 Å². The highest BCUT2D eigenvalue weighted by Gasteiger charge is 2.23. The summed E-state index contributed by atoms with van der Waals surface area (Å²) in [6, 6.07) is 15.4. The lowest BCUT2D eigenvalue weighted by molar-refractivity contribution is -0.127. The zero-order chi connectivity index (χ0) is 23.9. The van der Waals surface area contributed by atoms with Crippen LogP contribution in [0.25, 0.3) is 6.08 Å². The average molecular weight is 460 g/mol. The molecule has 0 bridgehead atoms. The number of hydrogen-bond acceptors (Lipinski definition) is 4. The van der Waals surface area contributed by atoms with E-state index in [2.05, 4.69) is 10.3 Å². The highest BCUT2D eigenvalue weighted by molar-refractivity contribution is 5.96. The minimum Gasteiger partial charge on any atom is -0.453 e. The number of aromatic nitrogens is 1. The number of amides is 2. The Morgan fingerprint density at radius 3 is 2.62 bits per heavy atom. The molecule has 2 heterocycles. The van der Waals surface area contributed by atoms with E-state index in [1.807, 2.05) is 31.2 Å². The van der Waals surface area contributed by atoms with Gasteiger partial charge in [0.05, 0.1) is 6.20 Å². The van der Waals surface area contributed by atoms with Crippen molar-refractivity contribution in [3.05, 3.63) is 95.6 Å². The molecule has 7 heteroatoms. The minimum atomic E-state index is -0.524. The summed E-state index contributed by atoms with van der Waals surface area (Å²) in [4.78, 5) is 30.8. The predicted octanol–water partition coefficient (Wildman–Crippen LogP) is 4.76. The van der Waals surface area contributed by atoms with Crippen LogP contribution < -0.4 is 10.1 Å². The van der Waals surface area contributed by atoms with Gasteiger partial charge in [0.15, 0.2) is 11.6 Å². The van der Waals surface area contributed by atoms with Crippen molar-refractivity contribution in [1.82, 2.24) is 15.2 Å². The number of ether oxygens (including phenoxy) is 1. The molecular weight excluding hydrogens is 433 g/mol. The van der Waals surface area contributed by atoms with Crippen molar-refractivity contribution in [2.75, 3.05) is 13.1 Å². The molecule has 174 valence electrons. The lowest BCUT2D eigenvalue weighted by atomic mass is 10.0. The third kappa shape index (κ3) is 5.86. The van der Waals surface area contributed by atoms with Gasteiger partial charge in [0, 0.05) is 37.0 Å². The number of nitrogens with zero attached hydrogens (tertiary/aromatic N) is 2. The summed E-state index contributed by atoms with van der Waals surface area (Å²) < 4.78 is 19.9. The Hall–Kier alpha value is -4.00. The van der Waals surface area contributed by atoms with Crippen LogP contribution in [0.4, 0.5) is 4.39 Å². The second-order valence-electron chi connectivity index (χ2n) is 8.20. The van der Waals surface area contributed by atoms with Crippen molar-refractivity contribution in [3.63, 3.8) is 0 Å². The first-order valence-corrected chi connectivity index (χ1v) is 11.2. The monoisotopic (exact) mass is 459 g/mol. The fourth-order valence-corrected chi connectivity index (χ4v) is 3.85. The SMILES string of the molecule is Cc1ccccc1C(=O)NC1CCN(C(=O)/C=C/c2ccc(Oc3cccnc3)c(F)c2)CC1. The van der Waals surface area contributed by atoms with Crippen LogP contribution in [0.2, 0.25) is 0 Å². The zero-order valence-corrected chi connectivity index (χ0v) is 18.9. The molecule has 0 radical (unpaired) electrons. The number of hydrogen-bond donors (Lipinski definition) is 1. The Morgan fingerprint density at radius 1 is 1.12 bits per heavy atom. The summed E-state index contributed by atoms with van der Waals surface area (Å²) in [5.74, 6) is -0.214. The van der Waals surface area contributed by atoms with Crippen LogP contribution in [0.3, 0.4) is 0 Å². The fraction of sp³-hybridized carbons (Fsp3) is 0.222. The number of halogens is 1. The first kappa shape index (κ1) is 23.2. The van der Waals surface area contributed by atoms with Gasteiger partial charge in [-0.25, -0.2) is 4.39 Å². The Balaban J connectivity index is 1.28. The number of benzene rings is 2. The molecule has 0 aliphatic carbocycles. The van der Waals surface area contributed by atoms with E-state index in [9.17, 15) is 14.0 Å². The van der Waals surface area contributed by atoms with Crippen LogP contribution >= 0.6 is 0 Å². The number of rotatable bonds is 6. The third-order valence-corrected chi connectivity index (χ3v) is 5.77. The van der Waals surface area contributed by atoms with Gasteiger partial charge in [-0.15, -0.1) is 0 Å². The van der Waals surface area contributed by atoms with Crippen molar-refractivity contribution in [2.45, 2.75) is 25.8 Å². The van der Waals surface area contributed by atoms with E-state index in [0.29, 0.717) is 42.8 Å². The van der Waals surface area contributed by atoms with E-state index < -0.39 is 5.82 Å². The van der Waals surface area contributed by atoms with Gasteiger partial charge >= 0.3 is 0 Å². The molecule has 1 aromatic heterocycles. The molecule has 1 N–H and O–H groups in total. The van der Waals surface area contributed by atoms with Gasteiger partial charge in [-0.3, -0.25) is 14.6 Å². The molecule has 4 rings (SSSR count). The first-order chi connectivity index (χ1) is 16.5. The number of likely N-dealkylation sites (tertiary alicyclic amines) is 1. The van der Waals surface area contributed by atoms with Crippen molar-refractivity contribution >= 4 is 17.9 Å². The Kier molecular flexibility index (Phi) is 7.32. The maximum atomic E-state index is 14.4. The van der Waals surface area contributed by atoms with Crippen LogP contribution in [0.15, 0.2) is 73.1 Å². The van der Waals surface area contributed by atoms with E-state index in [0.717, 1.165) is 5.56 Å². The second kappa shape index (κ2) is 10.7. The standard InChI is InChI=1S/C27H26FN3O3/c1-19-5-2-3-7-23(19)27(33)30-21-12-15-31(16-13-21)26(32)11-9-20-8-10-25(24(28)17-20)34-22-6-4-14-29-18-22/h2-11,14,17-18,21H,12-13,15-16H2,1H3,(H,30,33)/b11-9+. The van der Waals surface area contributed by atoms with Crippen LogP contribution in [-0.2, 0) is 4.79 Å². The number of carbonyl (C=O) groups is 2. The van der Waals surface area contributed by atoms with Gasteiger partial charge in [-0.2, -0.15) is 0 Å². The molecule has 0 atom stereocenters. The normalized spacial score (nSPS) is 14.2. The maximum absolute atomic E-state index is 14.4. The van der Waals surface area contributed by atoms with Crippen LogP contribution in [0.1, 0.15) is 34.3 Å². The molecular formula is C27H26FN3O3. The largest absolute Gasteiger partial charge is 0.453 e. The highest BCUT2D eigenvalue weighted by atomic mass is 19.1. The summed E-state index contributed by atoms with van der Waals surface area (Å²) >= 11 is 0. The van der Waals surface area contributed by atoms with Crippen molar-refractivity contribution in [1.29, 1.82) is 0 Å². The predicted molar refractivity (Wildman–Crippen MR) is 128 cm³/mol. The number of pyridine rings is 1. The number of carbonyl (C=O) groups excluding carboxylic acids is 2.